The normalized spacial score (nSPS) is 10.5. The van der Waals surface area contributed by atoms with E-state index in [-0.39, 0.29) is 5.75 Å². The van der Waals surface area contributed by atoms with Crippen LogP contribution in [0.25, 0.3) is 0 Å². The van der Waals surface area contributed by atoms with E-state index in [0.717, 1.165) is 10.0 Å². The Balaban J connectivity index is 2.09. The zero-order valence-corrected chi connectivity index (χ0v) is 11.5. The van der Waals surface area contributed by atoms with Gasteiger partial charge < -0.3 is 10.1 Å². The lowest BCUT2D eigenvalue weighted by molar-refractivity contribution is -0.0493. The smallest absolute Gasteiger partial charge is 0.387 e. The number of rotatable bonds is 5. The van der Waals surface area contributed by atoms with Crippen LogP contribution in [0, 0.1) is 0 Å². The van der Waals surface area contributed by atoms with E-state index < -0.39 is 6.61 Å². The number of benzene rings is 2. The molecule has 0 aliphatic rings. The van der Waals surface area contributed by atoms with Crippen molar-refractivity contribution in [2.24, 2.45) is 0 Å². The van der Waals surface area contributed by atoms with Crippen molar-refractivity contribution in [3.8, 4) is 5.75 Å². The van der Waals surface area contributed by atoms with Crippen LogP contribution in [0.15, 0.2) is 53.0 Å². The molecule has 0 heterocycles. The maximum atomic E-state index is 12.3. The fourth-order valence-electron chi connectivity index (χ4n) is 1.64. The Morgan fingerprint density at radius 3 is 2.47 bits per heavy atom. The minimum atomic E-state index is -2.83. The van der Waals surface area contributed by atoms with E-state index in [1.165, 1.54) is 6.07 Å². The van der Waals surface area contributed by atoms with Gasteiger partial charge in [-0.2, -0.15) is 8.78 Å². The van der Waals surface area contributed by atoms with Gasteiger partial charge in [-0.1, -0.05) is 46.3 Å². The molecule has 5 heteroatoms. The van der Waals surface area contributed by atoms with Gasteiger partial charge in [0.1, 0.15) is 5.75 Å². The minimum absolute atomic E-state index is 0.143. The molecule has 2 aromatic carbocycles. The Morgan fingerprint density at radius 1 is 1.05 bits per heavy atom. The number of alkyl halides is 2. The van der Waals surface area contributed by atoms with E-state index in [1.54, 1.807) is 18.2 Å². The maximum Gasteiger partial charge on any atom is 0.387 e. The van der Waals surface area contributed by atoms with Crippen LogP contribution in [-0.4, -0.2) is 6.61 Å². The Bertz CT molecular complexity index is 548. The predicted octanol–water partition coefficient (Wildman–Crippen LogP) is 4.66. The van der Waals surface area contributed by atoms with Crippen LogP contribution in [0.2, 0.25) is 0 Å². The van der Waals surface area contributed by atoms with Gasteiger partial charge in [-0.05, 0) is 23.8 Å². The lowest BCUT2D eigenvalue weighted by Gasteiger charge is -2.13. The van der Waals surface area contributed by atoms with Crippen molar-refractivity contribution in [2.75, 3.05) is 5.32 Å². The first-order valence-corrected chi connectivity index (χ1v) is 6.47. The molecule has 100 valence electrons. The van der Waals surface area contributed by atoms with E-state index in [9.17, 15) is 8.78 Å². The molecule has 0 aromatic heterocycles. The molecule has 19 heavy (non-hydrogen) atoms. The molecule has 0 saturated carbocycles. The molecule has 0 bridgehead atoms. The van der Waals surface area contributed by atoms with Gasteiger partial charge in [0.25, 0.3) is 0 Å². The molecular weight excluding hydrogens is 316 g/mol. The third-order valence-corrected chi connectivity index (χ3v) is 3.30. The summed E-state index contributed by atoms with van der Waals surface area (Å²) in [5.41, 5.74) is 1.58. The van der Waals surface area contributed by atoms with Gasteiger partial charge in [-0.15, -0.1) is 0 Å². The SMILES string of the molecule is FC(F)Oc1ccccc1NCc1ccccc1Br. The minimum Gasteiger partial charge on any atom is -0.433 e. The number of ether oxygens (including phenoxy) is 1. The zero-order valence-electron chi connectivity index (χ0n) is 9.95. The third-order valence-electron chi connectivity index (χ3n) is 2.53. The van der Waals surface area contributed by atoms with E-state index in [0.29, 0.717) is 12.2 Å². The summed E-state index contributed by atoms with van der Waals surface area (Å²) < 4.78 is 30.0. The fraction of sp³-hybridized carbons (Fsp3) is 0.143. The summed E-state index contributed by atoms with van der Waals surface area (Å²) >= 11 is 3.44. The molecule has 0 saturated heterocycles. The van der Waals surface area contributed by atoms with Crippen LogP contribution < -0.4 is 10.1 Å². The maximum absolute atomic E-state index is 12.3. The van der Waals surface area contributed by atoms with E-state index in [1.807, 2.05) is 24.3 Å². The Kier molecular flexibility index (Phi) is 4.74. The summed E-state index contributed by atoms with van der Waals surface area (Å²) in [6.45, 7) is -2.31. The number of anilines is 1. The first kappa shape index (κ1) is 13.8. The molecule has 0 aliphatic carbocycles. The number of hydrogen-bond acceptors (Lipinski definition) is 2. The molecule has 0 fully saturated rings. The van der Waals surface area contributed by atoms with E-state index in [4.69, 9.17) is 0 Å². The average molecular weight is 328 g/mol. The Morgan fingerprint density at radius 2 is 1.74 bits per heavy atom. The molecule has 0 spiro atoms. The summed E-state index contributed by atoms with van der Waals surface area (Å²) in [6, 6.07) is 14.3. The second-order valence-corrected chi connectivity index (χ2v) is 4.67. The highest BCUT2D eigenvalue weighted by Crippen LogP contribution is 2.26. The second-order valence-electron chi connectivity index (χ2n) is 3.82. The number of hydrogen-bond donors (Lipinski definition) is 1. The highest BCUT2D eigenvalue weighted by molar-refractivity contribution is 9.10. The van der Waals surface area contributed by atoms with E-state index >= 15 is 0 Å². The molecule has 1 N–H and O–H groups in total. The van der Waals surface area contributed by atoms with Gasteiger partial charge in [-0.3, -0.25) is 0 Å². The van der Waals surface area contributed by atoms with E-state index in [2.05, 4.69) is 26.0 Å². The monoisotopic (exact) mass is 327 g/mol. The molecule has 0 radical (unpaired) electrons. The molecule has 2 nitrogen and oxygen atoms in total. The van der Waals surface area contributed by atoms with Gasteiger partial charge in [0.05, 0.1) is 5.69 Å². The molecule has 2 aromatic rings. The molecule has 0 unspecified atom stereocenters. The Labute approximate surface area is 118 Å². The third kappa shape index (κ3) is 3.92. The van der Waals surface area contributed by atoms with Gasteiger partial charge >= 0.3 is 6.61 Å². The molecule has 2 rings (SSSR count). The van der Waals surface area contributed by atoms with Crippen molar-refractivity contribution in [3.05, 3.63) is 58.6 Å². The van der Waals surface area contributed by atoms with Crippen molar-refractivity contribution < 1.29 is 13.5 Å². The van der Waals surface area contributed by atoms with Crippen LogP contribution in [0.1, 0.15) is 5.56 Å². The van der Waals surface area contributed by atoms with Gasteiger partial charge in [-0.25, -0.2) is 0 Å². The Hall–Kier alpha value is -1.62. The van der Waals surface area contributed by atoms with Gasteiger partial charge in [0.2, 0.25) is 0 Å². The molecular formula is C14H12BrF2NO. The quantitative estimate of drug-likeness (QED) is 0.862. The van der Waals surface area contributed by atoms with Gasteiger partial charge in [0, 0.05) is 11.0 Å². The lowest BCUT2D eigenvalue weighted by atomic mass is 10.2. The zero-order chi connectivity index (χ0) is 13.7. The van der Waals surface area contributed by atoms with Crippen LogP contribution in [0.5, 0.6) is 5.75 Å². The topological polar surface area (TPSA) is 21.3 Å². The number of nitrogens with one attached hydrogen (secondary N) is 1. The molecule has 0 amide bonds. The summed E-state index contributed by atoms with van der Waals surface area (Å²) in [5.74, 6) is 0.143. The first-order valence-electron chi connectivity index (χ1n) is 5.68. The van der Waals surface area contributed by atoms with Gasteiger partial charge in [0.15, 0.2) is 0 Å². The van der Waals surface area contributed by atoms with Crippen molar-refractivity contribution in [1.29, 1.82) is 0 Å². The first-order chi connectivity index (χ1) is 9.16. The van der Waals surface area contributed by atoms with Crippen LogP contribution in [-0.2, 0) is 6.54 Å². The van der Waals surface area contributed by atoms with Crippen molar-refractivity contribution in [2.45, 2.75) is 13.2 Å². The average Bonchev–Trinajstić information content (AvgIpc) is 2.39. The predicted molar refractivity (Wildman–Crippen MR) is 74.5 cm³/mol. The highest BCUT2D eigenvalue weighted by Gasteiger charge is 2.09. The fourth-order valence-corrected chi connectivity index (χ4v) is 2.07. The molecule has 0 atom stereocenters. The summed E-state index contributed by atoms with van der Waals surface area (Å²) in [6.07, 6.45) is 0. The van der Waals surface area contributed by atoms with Crippen molar-refractivity contribution in [3.63, 3.8) is 0 Å². The van der Waals surface area contributed by atoms with Crippen molar-refractivity contribution in [1.82, 2.24) is 0 Å². The lowest BCUT2D eigenvalue weighted by Crippen LogP contribution is -2.06. The number of halogens is 3. The summed E-state index contributed by atoms with van der Waals surface area (Å²) in [7, 11) is 0. The summed E-state index contributed by atoms with van der Waals surface area (Å²) in [5, 5.41) is 3.09. The molecule has 0 aliphatic heterocycles. The van der Waals surface area contributed by atoms with Crippen LogP contribution >= 0.6 is 15.9 Å². The standard InChI is InChI=1S/C14H12BrF2NO/c15-11-6-2-1-5-10(11)9-18-12-7-3-4-8-13(12)19-14(16)17/h1-8,14,18H,9H2. The number of para-hydroxylation sites is 2. The largest absolute Gasteiger partial charge is 0.433 e. The second kappa shape index (κ2) is 6.52. The highest BCUT2D eigenvalue weighted by atomic mass is 79.9. The van der Waals surface area contributed by atoms with Crippen LogP contribution in [0.3, 0.4) is 0 Å². The summed E-state index contributed by atoms with van der Waals surface area (Å²) in [4.78, 5) is 0. The van der Waals surface area contributed by atoms with Crippen LogP contribution in [0.4, 0.5) is 14.5 Å². The van der Waals surface area contributed by atoms with Crippen molar-refractivity contribution >= 4 is 21.6 Å².